The van der Waals surface area contributed by atoms with Gasteiger partial charge in [-0.2, -0.15) is 0 Å². The fourth-order valence-corrected chi connectivity index (χ4v) is 3.59. The Morgan fingerprint density at radius 1 is 1.36 bits per heavy atom. The molecule has 3 rings (SSSR count). The van der Waals surface area contributed by atoms with Gasteiger partial charge in [0.2, 0.25) is 15.9 Å². The highest BCUT2D eigenvalue weighted by Crippen LogP contribution is 2.34. The average molecular weight is 325 g/mol. The zero-order chi connectivity index (χ0) is 15.9. The second-order valence-corrected chi connectivity index (χ2v) is 7.08. The number of amides is 2. The van der Waals surface area contributed by atoms with Crippen LogP contribution in [-0.2, 0) is 19.6 Å². The van der Waals surface area contributed by atoms with Gasteiger partial charge in [-0.05, 0) is 18.2 Å². The van der Waals surface area contributed by atoms with E-state index in [-0.39, 0.29) is 43.1 Å². The number of nitrogens with one attached hydrogen (secondary N) is 1. The van der Waals surface area contributed by atoms with Gasteiger partial charge in [-0.3, -0.25) is 9.59 Å². The molecule has 0 spiro atoms. The zero-order valence-corrected chi connectivity index (χ0v) is 12.4. The molecule has 2 heterocycles. The number of fused-ring (bicyclic) bond motifs is 1. The van der Waals surface area contributed by atoms with Gasteiger partial charge in [0.1, 0.15) is 5.75 Å². The van der Waals surface area contributed by atoms with Crippen molar-refractivity contribution in [3.8, 4) is 5.75 Å². The van der Waals surface area contributed by atoms with Gasteiger partial charge in [-0.25, -0.2) is 13.6 Å². The van der Waals surface area contributed by atoms with Crippen molar-refractivity contribution in [3.63, 3.8) is 0 Å². The molecule has 0 saturated carbocycles. The Balaban J connectivity index is 1.81. The number of hydrogen-bond donors (Lipinski definition) is 2. The highest BCUT2D eigenvalue weighted by atomic mass is 32.2. The molecule has 2 aliphatic heterocycles. The van der Waals surface area contributed by atoms with Gasteiger partial charge in [0.15, 0.2) is 6.61 Å². The van der Waals surface area contributed by atoms with Crippen molar-refractivity contribution < 1.29 is 22.7 Å². The third-order valence-corrected chi connectivity index (χ3v) is 4.52. The van der Waals surface area contributed by atoms with Gasteiger partial charge in [-0.15, -0.1) is 0 Å². The predicted octanol–water partition coefficient (Wildman–Crippen LogP) is -0.341. The third-order valence-electron chi connectivity index (χ3n) is 3.58. The van der Waals surface area contributed by atoms with Crippen molar-refractivity contribution >= 4 is 33.2 Å². The van der Waals surface area contributed by atoms with Crippen LogP contribution in [0.5, 0.6) is 5.75 Å². The molecule has 2 aliphatic rings. The molecule has 3 N–H and O–H groups in total. The first-order chi connectivity index (χ1) is 10.3. The van der Waals surface area contributed by atoms with E-state index in [1.165, 1.54) is 4.90 Å². The van der Waals surface area contributed by atoms with Crippen LogP contribution >= 0.6 is 0 Å². The fourth-order valence-electron chi connectivity index (χ4n) is 2.71. The van der Waals surface area contributed by atoms with Crippen LogP contribution in [0.15, 0.2) is 18.2 Å². The van der Waals surface area contributed by atoms with Crippen LogP contribution in [0.4, 0.5) is 11.4 Å². The van der Waals surface area contributed by atoms with Crippen LogP contribution in [0, 0.1) is 5.92 Å². The lowest BCUT2D eigenvalue weighted by molar-refractivity contribution is -0.118. The Morgan fingerprint density at radius 2 is 2.14 bits per heavy atom. The normalized spacial score (nSPS) is 21.3. The van der Waals surface area contributed by atoms with Gasteiger partial charge < -0.3 is 15.0 Å². The summed E-state index contributed by atoms with van der Waals surface area (Å²) >= 11 is 0. The minimum absolute atomic E-state index is 0.0363. The summed E-state index contributed by atoms with van der Waals surface area (Å²) in [4.78, 5) is 24.9. The monoisotopic (exact) mass is 325 g/mol. The first kappa shape index (κ1) is 14.8. The molecule has 1 atom stereocenters. The lowest BCUT2D eigenvalue weighted by Crippen LogP contribution is -2.28. The van der Waals surface area contributed by atoms with Gasteiger partial charge in [-0.1, -0.05) is 0 Å². The van der Waals surface area contributed by atoms with E-state index in [4.69, 9.17) is 9.88 Å². The number of sulfonamides is 1. The largest absolute Gasteiger partial charge is 0.482 e. The molecule has 1 aromatic rings. The molecule has 0 radical (unpaired) electrons. The van der Waals surface area contributed by atoms with Crippen LogP contribution < -0.4 is 20.1 Å². The van der Waals surface area contributed by atoms with E-state index < -0.39 is 10.0 Å². The number of rotatable bonds is 3. The maximum Gasteiger partial charge on any atom is 0.262 e. The number of anilines is 2. The van der Waals surface area contributed by atoms with Gasteiger partial charge >= 0.3 is 0 Å². The molecule has 0 bridgehead atoms. The Bertz CT molecular complexity index is 746. The van der Waals surface area contributed by atoms with Crippen molar-refractivity contribution in [1.29, 1.82) is 0 Å². The predicted molar refractivity (Wildman–Crippen MR) is 79.0 cm³/mol. The second-order valence-electron chi connectivity index (χ2n) is 5.42. The summed E-state index contributed by atoms with van der Waals surface area (Å²) in [6, 6.07) is 5.02. The Morgan fingerprint density at radius 3 is 2.86 bits per heavy atom. The molecule has 0 aromatic heterocycles. The van der Waals surface area contributed by atoms with E-state index >= 15 is 0 Å². The summed E-state index contributed by atoms with van der Waals surface area (Å²) in [5, 5.41) is 7.70. The van der Waals surface area contributed by atoms with Crippen LogP contribution in [0.3, 0.4) is 0 Å². The number of carbonyl (C=O) groups is 2. The Labute approximate surface area is 127 Å². The van der Waals surface area contributed by atoms with E-state index in [0.717, 1.165) is 0 Å². The van der Waals surface area contributed by atoms with Crippen LogP contribution in [0.1, 0.15) is 6.42 Å². The van der Waals surface area contributed by atoms with Gasteiger partial charge in [0.25, 0.3) is 5.91 Å². The summed E-state index contributed by atoms with van der Waals surface area (Å²) < 4.78 is 27.6. The number of nitrogens with zero attached hydrogens (tertiary/aromatic N) is 1. The average Bonchev–Trinajstić information content (AvgIpc) is 2.76. The van der Waals surface area contributed by atoms with Crippen molar-refractivity contribution in [1.82, 2.24) is 0 Å². The van der Waals surface area contributed by atoms with Crippen molar-refractivity contribution in [3.05, 3.63) is 18.2 Å². The maximum absolute atomic E-state index is 12.1. The fraction of sp³-hybridized carbons (Fsp3) is 0.385. The first-order valence-electron chi connectivity index (χ1n) is 6.69. The molecule has 9 heteroatoms. The standard InChI is InChI=1S/C13H15N3O5S/c14-22(19,20)7-8-3-13(18)16(5-8)9-1-2-11-10(4-9)15-12(17)6-21-11/h1-2,4,8H,3,5-7H2,(H,15,17)(H2,14,19,20). The minimum atomic E-state index is -3.61. The summed E-state index contributed by atoms with van der Waals surface area (Å²) in [7, 11) is -3.61. The molecule has 0 aliphatic carbocycles. The summed E-state index contributed by atoms with van der Waals surface area (Å²) in [6.07, 6.45) is 0.135. The molecular weight excluding hydrogens is 310 g/mol. The SMILES string of the molecule is NS(=O)(=O)CC1CC(=O)N(c2ccc3c(c2)NC(=O)CO3)C1. The number of carbonyl (C=O) groups excluding carboxylic acids is 2. The third kappa shape index (κ3) is 3.04. The molecule has 22 heavy (non-hydrogen) atoms. The highest BCUT2D eigenvalue weighted by molar-refractivity contribution is 7.89. The second kappa shape index (κ2) is 5.25. The van der Waals surface area contributed by atoms with Crippen molar-refractivity contribution in [2.45, 2.75) is 6.42 Å². The number of nitrogens with two attached hydrogens (primary N) is 1. The van der Waals surface area contributed by atoms with E-state index in [1.807, 2.05) is 0 Å². The summed E-state index contributed by atoms with van der Waals surface area (Å²) in [5.74, 6) is -0.443. The summed E-state index contributed by atoms with van der Waals surface area (Å²) in [5.41, 5.74) is 1.09. The van der Waals surface area contributed by atoms with E-state index in [9.17, 15) is 18.0 Å². The lowest BCUT2D eigenvalue weighted by Gasteiger charge is -2.22. The molecule has 1 saturated heterocycles. The van der Waals surface area contributed by atoms with Crippen LogP contribution in [0.2, 0.25) is 0 Å². The quantitative estimate of drug-likeness (QED) is 0.788. The van der Waals surface area contributed by atoms with Crippen molar-refractivity contribution in [2.75, 3.05) is 29.1 Å². The summed E-state index contributed by atoms with van der Waals surface area (Å²) in [6.45, 7) is 0.244. The van der Waals surface area contributed by atoms with Gasteiger partial charge in [0, 0.05) is 24.6 Å². The Kier molecular flexibility index (Phi) is 3.53. The number of ether oxygens (including phenoxy) is 1. The molecule has 8 nitrogen and oxygen atoms in total. The van der Waals surface area contributed by atoms with Gasteiger partial charge in [0.05, 0.1) is 11.4 Å². The van der Waals surface area contributed by atoms with Crippen LogP contribution in [-0.4, -0.2) is 39.1 Å². The smallest absolute Gasteiger partial charge is 0.262 e. The first-order valence-corrected chi connectivity index (χ1v) is 8.41. The minimum Gasteiger partial charge on any atom is -0.482 e. The molecule has 118 valence electrons. The van der Waals surface area contributed by atoms with E-state index in [2.05, 4.69) is 5.32 Å². The number of benzene rings is 1. The lowest BCUT2D eigenvalue weighted by atomic mass is 10.1. The highest BCUT2D eigenvalue weighted by Gasteiger charge is 2.33. The molecule has 2 amide bonds. The molecule has 1 aromatic carbocycles. The molecule has 1 unspecified atom stereocenters. The molecule has 1 fully saturated rings. The Hall–Kier alpha value is -2.13. The topological polar surface area (TPSA) is 119 Å². The van der Waals surface area contributed by atoms with E-state index in [1.54, 1.807) is 18.2 Å². The number of primary sulfonamides is 1. The van der Waals surface area contributed by atoms with Crippen LogP contribution in [0.25, 0.3) is 0 Å². The maximum atomic E-state index is 12.1. The molecular formula is C13H15N3O5S. The number of hydrogen-bond acceptors (Lipinski definition) is 5. The zero-order valence-electron chi connectivity index (χ0n) is 11.6. The van der Waals surface area contributed by atoms with E-state index in [0.29, 0.717) is 17.1 Å². The van der Waals surface area contributed by atoms with Crippen molar-refractivity contribution in [2.24, 2.45) is 11.1 Å².